The Bertz CT molecular complexity index is 700. The molecule has 1 aromatic heterocycles. The monoisotopic (exact) mass is 341 g/mol. The molecule has 0 saturated carbocycles. The Labute approximate surface area is 136 Å². The fourth-order valence-corrected chi connectivity index (χ4v) is 3.84. The molecule has 2 heterocycles. The largest absolute Gasteiger partial charge is 0.348 e. The average Bonchev–Trinajstić information content (AvgIpc) is 2.90. The van der Waals surface area contributed by atoms with Gasteiger partial charge in [-0.1, -0.05) is 0 Å². The van der Waals surface area contributed by atoms with Crippen LogP contribution in [0.2, 0.25) is 0 Å². The van der Waals surface area contributed by atoms with Gasteiger partial charge in [0.25, 0.3) is 5.91 Å². The predicted octanol–water partition coefficient (Wildman–Crippen LogP) is 0.772. The summed E-state index contributed by atoms with van der Waals surface area (Å²) in [4.78, 5) is 23.7. The molecule has 7 nitrogen and oxygen atoms in total. The predicted molar refractivity (Wildman–Crippen MR) is 86.9 cm³/mol. The summed E-state index contributed by atoms with van der Waals surface area (Å²) in [5.41, 5.74) is 0.931. The summed E-state index contributed by atoms with van der Waals surface area (Å²) in [7, 11) is -1.44. The molecule has 1 N–H and O–H groups in total. The van der Waals surface area contributed by atoms with Crippen LogP contribution in [-0.4, -0.2) is 53.9 Å². The molecule has 0 spiro atoms. The highest BCUT2D eigenvalue weighted by Gasteiger charge is 2.28. The van der Waals surface area contributed by atoms with E-state index in [0.29, 0.717) is 37.2 Å². The van der Waals surface area contributed by atoms with Crippen LogP contribution in [0.15, 0.2) is 12.3 Å². The molecule has 1 aliphatic heterocycles. The maximum Gasteiger partial charge on any atom is 0.268 e. The van der Waals surface area contributed by atoms with Gasteiger partial charge >= 0.3 is 0 Å². The molecule has 0 radical (unpaired) electrons. The molecule has 1 aliphatic rings. The van der Waals surface area contributed by atoms with Gasteiger partial charge < -0.3 is 9.88 Å². The molecule has 1 aromatic rings. The Morgan fingerprint density at radius 2 is 1.91 bits per heavy atom. The standard InChI is InChI=1S/C15H23N3O4S/c1-4-23(21,22)18-7-5-13(6-8-18)16-15(20)14-9-12(11(2)19)10-17(14)3/h9-10,13H,4-8H2,1-3H3,(H,16,20). The second-order valence-corrected chi connectivity index (χ2v) is 8.09. The Morgan fingerprint density at radius 3 is 2.39 bits per heavy atom. The summed E-state index contributed by atoms with van der Waals surface area (Å²) in [6, 6.07) is 1.52. The Balaban J connectivity index is 1.96. The number of nitrogens with zero attached hydrogens (tertiary/aromatic N) is 2. The number of piperidine rings is 1. The molecule has 1 fully saturated rings. The number of aromatic nitrogens is 1. The second-order valence-electron chi connectivity index (χ2n) is 5.83. The normalized spacial score (nSPS) is 17.2. The number of Topliss-reactive ketones (excluding diaryl/α,β-unsaturated/α-hetero) is 1. The number of hydrogen-bond donors (Lipinski definition) is 1. The van der Waals surface area contributed by atoms with E-state index in [4.69, 9.17) is 0 Å². The highest BCUT2D eigenvalue weighted by molar-refractivity contribution is 7.89. The summed E-state index contributed by atoms with van der Waals surface area (Å²) >= 11 is 0. The SMILES string of the molecule is CCS(=O)(=O)N1CCC(NC(=O)c2cc(C(C)=O)cn2C)CC1. The molecule has 0 bridgehead atoms. The van der Waals surface area contributed by atoms with Gasteiger partial charge in [-0.05, 0) is 32.8 Å². The first kappa shape index (κ1) is 17.7. The quantitative estimate of drug-likeness (QED) is 0.801. The first-order chi connectivity index (χ1) is 10.7. The van der Waals surface area contributed by atoms with Gasteiger partial charge in [0.15, 0.2) is 5.78 Å². The lowest BCUT2D eigenvalue weighted by molar-refractivity contribution is 0.0915. The minimum Gasteiger partial charge on any atom is -0.348 e. The molecular formula is C15H23N3O4S. The Kier molecular flexibility index (Phi) is 5.26. The van der Waals surface area contributed by atoms with Gasteiger partial charge in [0.1, 0.15) is 5.69 Å². The van der Waals surface area contributed by atoms with Crippen LogP contribution in [0, 0.1) is 0 Å². The smallest absolute Gasteiger partial charge is 0.268 e. The number of aryl methyl sites for hydroxylation is 1. The maximum atomic E-state index is 12.3. The van der Waals surface area contributed by atoms with Crippen LogP contribution in [0.3, 0.4) is 0 Å². The van der Waals surface area contributed by atoms with E-state index in [0.717, 1.165) is 0 Å². The van der Waals surface area contributed by atoms with Crippen molar-refractivity contribution < 1.29 is 18.0 Å². The molecular weight excluding hydrogens is 318 g/mol. The lowest BCUT2D eigenvalue weighted by atomic mass is 10.1. The van der Waals surface area contributed by atoms with Crippen LogP contribution in [0.1, 0.15) is 47.5 Å². The van der Waals surface area contributed by atoms with E-state index in [1.807, 2.05) is 0 Å². The van der Waals surface area contributed by atoms with Crippen molar-refractivity contribution in [1.29, 1.82) is 0 Å². The summed E-state index contributed by atoms with van der Waals surface area (Å²) in [5, 5.41) is 2.93. The van der Waals surface area contributed by atoms with Crippen LogP contribution in [0.25, 0.3) is 0 Å². The number of amides is 1. The molecule has 0 atom stereocenters. The highest BCUT2D eigenvalue weighted by atomic mass is 32.2. The van der Waals surface area contributed by atoms with Crippen LogP contribution < -0.4 is 5.32 Å². The van der Waals surface area contributed by atoms with Gasteiger partial charge in [-0.25, -0.2) is 12.7 Å². The Morgan fingerprint density at radius 1 is 1.30 bits per heavy atom. The van der Waals surface area contributed by atoms with Crippen molar-refractivity contribution in [2.75, 3.05) is 18.8 Å². The first-order valence-electron chi connectivity index (χ1n) is 7.70. The third kappa shape index (κ3) is 4.00. The van der Waals surface area contributed by atoms with Gasteiger partial charge in [-0.3, -0.25) is 9.59 Å². The number of carbonyl (C=O) groups excluding carboxylic acids is 2. The zero-order valence-corrected chi connectivity index (χ0v) is 14.5. The van der Waals surface area contributed by atoms with Crippen LogP contribution >= 0.6 is 0 Å². The van der Waals surface area contributed by atoms with E-state index in [9.17, 15) is 18.0 Å². The molecule has 23 heavy (non-hydrogen) atoms. The average molecular weight is 341 g/mol. The number of rotatable bonds is 5. The van der Waals surface area contributed by atoms with E-state index in [1.165, 1.54) is 11.2 Å². The molecule has 1 amide bonds. The summed E-state index contributed by atoms with van der Waals surface area (Å²) in [6.07, 6.45) is 2.82. The van der Waals surface area contributed by atoms with Crippen molar-refractivity contribution in [3.05, 3.63) is 23.5 Å². The van der Waals surface area contributed by atoms with E-state index in [1.54, 1.807) is 30.8 Å². The van der Waals surface area contributed by atoms with Crippen molar-refractivity contribution in [1.82, 2.24) is 14.2 Å². The van der Waals surface area contributed by atoms with Gasteiger partial charge in [0, 0.05) is 37.9 Å². The molecule has 0 aliphatic carbocycles. The van der Waals surface area contributed by atoms with E-state index >= 15 is 0 Å². The number of nitrogens with one attached hydrogen (secondary N) is 1. The van der Waals surface area contributed by atoms with Gasteiger partial charge in [-0.15, -0.1) is 0 Å². The summed E-state index contributed by atoms with van der Waals surface area (Å²) < 4.78 is 26.7. The summed E-state index contributed by atoms with van der Waals surface area (Å²) in [6.45, 7) is 3.94. The minimum absolute atomic E-state index is 0.0542. The second kappa shape index (κ2) is 6.84. The number of ketones is 1. The molecule has 0 aromatic carbocycles. The van der Waals surface area contributed by atoms with Crippen LogP contribution in [0.4, 0.5) is 0 Å². The lowest BCUT2D eigenvalue weighted by Crippen LogP contribution is -2.47. The van der Waals surface area contributed by atoms with E-state index in [-0.39, 0.29) is 23.5 Å². The topological polar surface area (TPSA) is 88.5 Å². The van der Waals surface area contributed by atoms with Crippen molar-refractivity contribution in [3.63, 3.8) is 0 Å². The van der Waals surface area contributed by atoms with E-state index < -0.39 is 10.0 Å². The van der Waals surface area contributed by atoms with Crippen molar-refractivity contribution >= 4 is 21.7 Å². The van der Waals surface area contributed by atoms with Crippen LogP contribution in [0.5, 0.6) is 0 Å². The number of sulfonamides is 1. The fraction of sp³-hybridized carbons (Fsp3) is 0.600. The molecule has 2 rings (SSSR count). The zero-order valence-electron chi connectivity index (χ0n) is 13.7. The molecule has 0 unspecified atom stereocenters. The zero-order chi connectivity index (χ0) is 17.2. The van der Waals surface area contributed by atoms with Crippen molar-refractivity contribution in [3.8, 4) is 0 Å². The summed E-state index contributed by atoms with van der Waals surface area (Å²) in [5.74, 6) is -0.226. The lowest BCUT2D eigenvalue weighted by Gasteiger charge is -2.31. The van der Waals surface area contributed by atoms with Crippen LogP contribution in [-0.2, 0) is 17.1 Å². The van der Waals surface area contributed by atoms with Gasteiger partial charge in [0.05, 0.1) is 5.75 Å². The molecule has 1 saturated heterocycles. The maximum absolute atomic E-state index is 12.3. The number of hydrogen-bond acceptors (Lipinski definition) is 4. The number of carbonyl (C=O) groups is 2. The molecule has 128 valence electrons. The van der Waals surface area contributed by atoms with Gasteiger partial charge in [-0.2, -0.15) is 0 Å². The highest BCUT2D eigenvalue weighted by Crippen LogP contribution is 2.15. The van der Waals surface area contributed by atoms with E-state index in [2.05, 4.69) is 5.32 Å². The molecule has 8 heteroatoms. The third-order valence-electron chi connectivity index (χ3n) is 4.19. The van der Waals surface area contributed by atoms with Crippen molar-refractivity contribution in [2.24, 2.45) is 7.05 Å². The Hall–Kier alpha value is -1.67. The minimum atomic E-state index is -3.16. The van der Waals surface area contributed by atoms with Crippen molar-refractivity contribution in [2.45, 2.75) is 32.7 Å². The first-order valence-corrected chi connectivity index (χ1v) is 9.31. The fourth-order valence-electron chi connectivity index (χ4n) is 2.70. The van der Waals surface area contributed by atoms with Gasteiger partial charge in [0.2, 0.25) is 10.0 Å². The third-order valence-corrected chi connectivity index (χ3v) is 6.07.